The molecule has 1 aliphatic carbocycles. The molecule has 30 heavy (non-hydrogen) atoms. The van der Waals surface area contributed by atoms with E-state index in [-0.39, 0.29) is 12.4 Å². The van der Waals surface area contributed by atoms with Crippen LogP contribution >= 0.6 is 0 Å². The number of ether oxygens (including phenoxy) is 1. The SMILES string of the molecule is O=C(/C=C/c1cnn(Cc2ccccc2)c1)OCC(=O)c1ccc2c(c1)CCCC2. The van der Waals surface area contributed by atoms with Gasteiger partial charge in [-0.3, -0.25) is 9.48 Å². The molecule has 0 bridgehead atoms. The quantitative estimate of drug-likeness (QED) is 0.338. The maximum atomic E-state index is 12.4. The Kier molecular flexibility index (Phi) is 6.18. The smallest absolute Gasteiger partial charge is 0.331 e. The number of carbonyl (C=O) groups excluding carboxylic acids is 2. The number of aryl methyl sites for hydroxylation is 2. The molecule has 0 N–H and O–H groups in total. The Balaban J connectivity index is 1.28. The number of nitrogens with zero attached hydrogens (tertiary/aromatic N) is 2. The minimum Gasteiger partial charge on any atom is -0.454 e. The lowest BCUT2D eigenvalue weighted by molar-refractivity contribution is -0.136. The van der Waals surface area contributed by atoms with Crippen LogP contribution in [0, 0.1) is 0 Å². The first kappa shape index (κ1) is 19.8. The van der Waals surface area contributed by atoms with Crippen LogP contribution < -0.4 is 0 Å². The average molecular weight is 400 g/mol. The molecule has 0 unspecified atom stereocenters. The van der Waals surface area contributed by atoms with Crippen molar-refractivity contribution in [1.82, 2.24) is 9.78 Å². The van der Waals surface area contributed by atoms with Crippen LogP contribution in [0.3, 0.4) is 0 Å². The molecule has 2 aromatic carbocycles. The zero-order chi connectivity index (χ0) is 20.8. The first-order valence-corrected chi connectivity index (χ1v) is 10.2. The van der Waals surface area contributed by atoms with Crippen LogP contribution in [0.5, 0.6) is 0 Å². The lowest BCUT2D eigenvalue weighted by atomic mass is 9.90. The number of ketones is 1. The number of benzene rings is 2. The Hall–Kier alpha value is -3.47. The minimum atomic E-state index is -0.544. The van der Waals surface area contributed by atoms with E-state index < -0.39 is 5.97 Å². The van der Waals surface area contributed by atoms with Gasteiger partial charge in [0.25, 0.3) is 0 Å². The molecule has 0 amide bonds. The summed E-state index contributed by atoms with van der Waals surface area (Å²) in [5, 5.41) is 4.30. The summed E-state index contributed by atoms with van der Waals surface area (Å²) in [6, 6.07) is 15.8. The second-order valence-corrected chi connectivity index (χ2v) is 7.51. The van der Waals surface area contributed by atoms with Gasteiger partial charge < -0.3 is 4.74 Å². The van der Waals surface area contributed by atoms with E-state index in [9.17, 15) is 9.59 Å². The third-order valence-electron chi connectivity index (χ3n) is 5.27. The predicted molar refractivity (Wildman–Crippen MR) is 115 cm³/mol. The summed E-state index contributed by atoms with van der Waals surface area (Å²) in [5.74, 6) is -0.724. The Morgan fingerprint density at radius 1 is 1.03 bits per heavy atom. The molecular weight excluding hydrogens is 376 g/mol. The average Bonchev–Trinajstić information content (AvgIpc) is 3.23. The Bertz CT molecular complexity index is 1070. The molecule has 0 radical (unpaired) electrons. The number of hydrogen-bond acceptors (Lipinski definition) is 4. The first-order chi connectivity index (χ1) is 14.7. The van der Waals surface area contributed by atoms with Crippen molar-refractivity contribution >= 4 is 17.8 Å². The second kappa shape index (κ2) is 9.35. The van der Waals surface area contributed by atoms with Crippen LogP contribution in [-0.2, 0) is 28.9 Å². The van der Waals surface area contributed by atoms with E-state index in [4.69, 9.17) is 4.74 Å². The molecule has 1 heterocycles. The highest BCUT2D eigenvalue weighted by Gasteiger charge is 2.14. The number of hydrogen-bond donors (Lipinski definition) is 0. The lowest BCUT2D eigenvalue weighted by Crippen LogP contribution is -2.13. The number of rotatable bonds is 7. The van der Waals surface area contributed by atoms with E-state index in [0.29, 0.717) is 12.1 Å². The summed E-state index contributed by atoms with van der Waals surface area (Å²) in [5.41, 5.74) is 5.12. The highest BCUT2D eigenvalue weighted by Crippen LogP contribution is 2.22. The van der Waals surface area contributed by atoms with Crippen LogP contribution in [0.4, 0.5) is 0 Å². The zero-order valence-electron chi connectivity index (χ0n) is 16.8. The van der Waals surface area contributed by atoms with Gasteiger partial charge in [0, 0.05) is 23.4 Å². The zero-order valence-corrected chi connectivity index (χ0v) is 16.8. The fourth-order valence-electron chi connectivity index (χ4n) is 3.66. The van der Waals surface area contributed by atoms with Crippen LogP contribution in [0.1, 0.15) is 45.5 Å². The predicted octanol–water partition coefficient (Wildman–Crippen LogP) is 4.25. The molecule has 0 saturated heterocycles. The molecular formula is C25H24N2O3. The van der Waals surface area contributed by atoms with E-state index >= 15 is 0 Å². The summed E-state index contributed by atoms with van der Waals surface area (Å²) in [4.78, 5) is 24.4. The van der Waals surface area contributed by atoms with Crippen molar-refractivity contribution in [3.05, 3.63) is 94.8 Å². The highest BCUT2D eigenvalue weighted by molar-refractivity contribution is 5.99. The van der Waals surface area contributed by atoms with Gasteiger partial charge in [0.05, 0.1) is 12.7 Å². The van der Waals surface area contributed by atoms with Crippen LogP contribution in [0.25, 0.3) is 6.08 Å². The van der Waals surface area contributed by atoms with Crippen molar-refractivity contribution in [1.29, 1.82) is 0 Å². The summed E-state index contributed by atoms with van der Waals surface area (Å²) in [6.45, 7) is 0.406. The van der Waals surface area contributed by atoms with Crippen LogP contribution in [0.15, 0.2) is 67.0 Å². The molecule has 5 nitrogen and oxygen atoms in total. The molecule has 0 aliphatic heterocycles. The normalized spacial score (nSPS) is 13.2. The molecule has 0 spiro atoms. The van der Waals surface area contributed by atoms with Gasteiger partial charge in [0.2, 0.25) is 0 Å². The van der Waals surface area contributed by atoms with Crippen molar-refractivity contribution in [3.8, 4) is 0 Å². The van der Waals surface area contributed by atoms with Gasteiger partial charge in [-0.2, -0.15) is 5.10 Å². The lowest BCUT2D eigenvalue weighted by Gasteiger charge is -2.16. The van der Waals surface area contributed by atoms with Gasteiger partial charge in [-0.05, 0) is 54.5 Å². The van der Waals surface area contributed by atoms with E-state index in [0.717, 1.165) is 30.4 Å². The van der Waals surface area contributed by atoms with Crippen LogP contribution in [0.2, 0.25) is 0 Å². The summed E-state index contributed by atoms with van der Waals surface area (Å²) >= 11 is 0. The Labute approximate surface area is 176 Å². The molecule has 1 aliphatic rings. The molecule has 152 valence electrons. The third kappa shape index (κ3) is 5.11. The standard InChI is InChI=1S/C25H24N2O3/c28-24(23-12-11-21-8-4-5-9-22(21)14-23)18-30-25(29)13-10-20-15-26-27(17-20)16-19-6-2-1-3-7-19/h1-3,6-7,10-15,17H,4-5,8-9,16,18H2/b13-10+. The minimum absolute atomic E-state index is 0.180. The topological polar surface area (TPSA) is 61.2 Å². The van der Waals surface area contributed by atoms with Crippen molar-refractivity contribution in [3.63, 3.8) is 0 Å². The van der Waals surface area contributed by atoms with Gasteiger partial charge in [-0.1, -0.05) is 42.5 Å². The first-order valence-electron chi connectivity index (χ1n) is 10.2. The van der Waals surface area contributed by atoms with Gasteiger partial charge in [-0.15, -0.1) is 0 Å². The molecule has 0 fully saturated rings. The summed E-state index contributed by atoms with van der Waals surface area (Å²) in [7, 11) is 0. The highest BCUT2D eigenvalue weighted by atomic mass is 16.5. The molecule has 0 atom stereocenters. The number of aromatic nitrogens is 2. The number of carbonyl (C=O) groups is 2. The van der Waals surface area contributed by atoms with Gasteiger partial charge in [-0.25, -0.2) is 4.79 Å². The maximum absolute atomic E-state index is 12.4. The Morgan fingerprint density at radius 3 is 2.67 bits per heavy atom. The van der Waals surface area contributed by atoms with E-state index in [2.05, 4.69) is 5.10 Å². The van der Waals surface area contributed by atoms with E-state index in [1.165, 1.54) is 23.6 Å². The van der Waals surface area contributed by atoms with Gasteiger partial charge >= 0.3 is 5.97 Å². The summed E-state index contributed by atoms with van der Waals surface area (Å²) in [6.07, 6.45) is 11.0. The number of Topliss-reactive ketones (excluding diaryl/α,β-unsaturated/α-hetero) is 1. The monoisotopic (exact) mass is 400 g/mol. The third-order valence-corrected chi connectivity index (χ3v) is 5.27. The molecule has 5 heteroatoms. The number of fused-ring (bicyclic) bond motifs is 1. The second-order valence-electron chi connectivity index (χ2n) is 7.51. The molecule has 3 aromatic rings. The Morgan fingerprint density at radius 2 is 1.83 bits per heavy atom. The molecule has 4 rings (SSSR count). The van der Waals surface area contributed by atoms with Crippen LogP contribution in [-0.4, -0.2) is 28.1 Å². The van der Waals surface area contributed by atoms with E-state index in [1.807, 2.05) is 54.7 Å². The molecule has 0 saturated carbocycles. The summed E-state index contributed by atoms with van der Waals surface area (Å²) < 4.78 is 6.93. The van der Waals surface area contributed by atoms with E-state index in [1.54, 1.807) is 17.0 Å². The van der Waals surface area contributed by atoms with Crippen molar-refractivity contribution in [2.24, 2.45) is 0 Å². The van der Waals surface area contributed by atoms with Crippen molar-refractivity contribution < 1.29 is 14.3 Å². The fourth-order valence-corrected chi connectivity index (χ4v) is 3.66. The largest absolute Gasteiger partial charge is 0.454 e. The maximum Gasteiger partial charge on any atom is 0.331 e. The number of esters is 1. The molecule has 1 aromatic heterocycles. The van der Waals surface area contributed by atoms with Crippen molar-refractivity contribution in [2.75, 3.05) is 6.61 Å². The van der Waals surface area contributed by atoms with Gasteiger partial charge in [0.1, 0.15) is 0 Å². The fraction of sp³-hybridized carbons (Fsp3) is 0.240. The van der Waals surface area contributed by atoms with Crippen molar-refractivity contribution in [2.45, 2.75) is 32.2 Å². The van der Waals surface area contributed by atoms with Gasteiger partial charge in [0.15, 0.2) is 12.4 Å².